The van der Waals surface area contributed by atoms with Crippen LogP contribution in [0, 0.1) is 0 Å². The molecule has 3 rings (SSSR count). The second-order valence-corrected chi connectivity index (χ2v) is 4.58. The smallest absolute Gasteiger partial charge is 0.120 e. The highest BCUT2D eigenvalue weighted by Gasteiger charge is 2.02. The SMILES string of the molecule is OCc1cccc(OCc2ccnc3ccccc23)c1. The first-order valence-electron chi connectivity index (χ1n) is 6.52. The van der Waals surface area contributed by atoms with Crippen molar-refractivity contribution in [3.63, 3.8) is 0 Å². The molecule has 3 nitrogen and oxygen atoms in total. The summed E-state index contributed by atoms with van der Waals surface area (Å²) in [6.07, 6.45) is 1.80. The van der Waals surface area contributed by atoms with E-state index in [2.05, 4.69) is 4.98 Å². The molecule has 1 heterocycles. The number of para-hydroxylation sites is 1. The predicted molar refractivity (Wildman–Crippen MR) is 78.4 cm³/mol. The van der Waals surface area contributed by atoms with Crippen LogP contribution in [0.3, 0.4) is 0 Å². The molecule has 0 amide bonds. The van der Waals surface area contributed by atoms with Crippen molar-refractivity contribution in [2.24, 2.45) is 0 Å². The van der Waals surface area contributed by atoms with Crippen molar-refractivity contribution in [3.05, 3.63) is 71.9 Å². The first-order valence-corrected chi connectivity index (χ1v) is 6.52. The summed E-state index contributed by atoms with van der Waals surface area (Å²) in [4.78, 5) is 4.34. The maximum atomic E-state index is 9.12. The number of aliphatic hydroxyl groups excluding tert-OH is 1. The Morgan fingerprint density at radius 2 is 1.90 bits per heavy atom. The summed E-state index contributed by atoms with van der Waals surface area (Å²) < 4.78 is 5.80. The molecule has 0 atom stereocenters. The third kappa shape index (κ3) is 2.63. The van der Waals surface area contributed by atoms with Crippen LogP contribution in [0.5, 0.6) is 5.75 Å². The molecule has 2 aromatic carbocycles. The van der Waals surface area contributed by atoms with Crippen LogP contribution in [0.1, 0.15) is 11.1 Å². The lowest BCUT2D eigenvalue weighted by Gasteiger charge is -2.09. The first kappa shape index (κ1) is 12.6. The van der Waals surface area contributed by atoms with Gasteiger partial charge in [0.25, 0.3) is 0 Å². The lowest BCUT2D eigenvalue weighted by Crippen LogP contribution is -1.97. The summed E-state index contributed by atoms with van der Waals surface area (Å²) in [6, 6.07) is 17.5. The van der Waals surface area contributed by atoms with Gasteiger partial charge in [0.1, 0.15) is 12.4 Å². The topological polar surface area (TPSA) is 42.4 Å². The zero-order valence-corrected chi connectivity index (χ0v) is 11.0. The standard InChI is InChI=1S/C17H15NO2/c19-11-13-4-3-5-15(10-13)20-12-14-8-9-18-17-7-2-1-6-16(14)17/h1-10,19H,11-12H2. The molecule has 3 heteroatoms. The van der Waals surface area contributed by atoms with E-state index >= 15 is 0 Å². The van der Waals surface area contributed by atoms with Crippen LogP contribution >= 0.6 is 0 Å². The average Bonchev–Trinajstić information content (AvgIpc) is 2.53. The number of hydrogen-bond acceptors (Lipinski definition) is 3. The van der Waals surface area contributed by atoms with Gasteiger partial charge < -0.3 is 9.84 Å². The molecule has 0 aliphatic rings. The van der Waals surface area contributed by atoms with Crippen molar-refractivity contribution in [2.75, 3.05) is 0 Å². The fourth-order valence-electron chi connectivity index (χ4n) is 2.18. The Morgan fingerprint density at radius 1 is 1.00 bits per heavy atom. The lowest BCUT2D eigenvalue weighted by molar-refractivity contribution is 0.278. The van der Waals surface area contributed by atoms with Crippen molar-refractivity contribution in [1.29, 1.82) is 0 Å². The van der Waals surface area contributed by atoms with Crippen molar-refractivity contribution in [3.8, 4) is 5.75 Å². The number of ether oxygens (including phenoxy) is 1. The van der Waals surface area contributed by atoms with E-state index in [4.69, 9.17) is 9.84 Å². The highest BCUT2D eigenvalue weighted by Crippen LogP contribution is 2.19. The molecule has 0 spiro atoms. The Balaban J connectivity index is 1.83. The van der Waals surface area contributed by atoms with Gasteiger partial charge in [-0.15, -0.1) is 0 Å². The van der Waals surface area contributed by atoms with Gasteiger partial charge in [0.2, 0.25) is 0 Å². The van der Waals surface area contributed by atoms with Crippen LogP contribution in [0.4, 0.5) is 0 Å². The molecule has 0 fully saturated rings. The van der Waals surface area contributed by atoms with Gasteiger partial charge in [-0.05, 0) is 29.8 Å². The fraction of sp³-hybridized carbons (Fsp3) is 0.118. The number of aliphatic hydroxyl groups is 1. The summed E-state index contributed by atoms with van der Waals surface area (Å²) in [5.41, 5.74) is 2.92. The Labute approximate surface area is 117 Å². The molecule has 3 aromatic rings. The molecule has 1 aromatic heterocycles. The molecule has 20 heavy (non-hydrogen) atoms. The average molecular weight is 265 g/mol. The molecular formula is C17H15NO2. The normalized spacial score (nSPS) is 10.7. The number of hydrogen-bond donors (Lipinski definition) is 1. The number of benzene rings is 2. The first-order chi connectivity index (χ1) is 9.86. The Bertz CT molecular complexity index is 720. The molecule has 100 valence electrons. The van der Waals surface area contributed by atoms with E-state index in [1.54, 1.807) is 6.20 Å². The van der Waals surface area contributed by atoms with Crippen molar-refractivity contribution >= 4 is 10.9 Å². The van der Waals surface area contributed by atoms with E-state index in [9.17, 15) is 0 Å². The van der Waals surface area contributed by atoms with E-state index in [-0.39, 0.29) is 6.61 Å². The quantitative estimate of drug-likeness (QED) is 0.787. The fourth-order valence-corrected chi connectivity index (χ4v) is 2.18. The molecule has 0 saturated heterocycles. The van der Waals surface area contributed by atoms with Crippen molar-refractivity contribution in [1.82, 2.24) is 4.98 Å². The Kier molecular flexibility index (Phi) is 3.61. The lowest BCUT2D eigenvalue weighted by atomic mass is 10.1. The van der Waals surface area contributed by atoms with Crippen LogP contribution in [0.2, 0.25) is 0 Å². The summed E-state index contributed by atoms with van der Waals surface area (Å²) in [6.45, 7) is 0.507. The number of rotatable bonds is 4. The molecule has 1 N–H and O–H groups in total. The molecule has 0 aliphatic carbocycles. The van der Waals surface area contributed by atoms with Crippen molar-refractivity contribution < 1.29 is 9.84 Å². The second-order valence-electron chi connectivity index (χ2n) is 4.58. The third-order valence-electron chi connectivity index (χ3n) is 3.21. The highest BCUT2D eigenvalue weighted by atomic mass is 16.5. The van der Waals surface area contributed by atoms with Gasteiger partial charge in [-0.25, -0.2) is 0 Å². The molecule has 0 aliphatic heterocycles. The summed E-state index contributed by atoms with van der Waals surface area (Å²) >= 11 is 0. The number of nitrogens with zero attached hydrogens (tertiary/aromatic N) is 1. The number of fused-ring (bicyclic) bond motifs is 1. The van der Waals surface area contributed by atoms with E-state index in [1.807, 2.05) is 54.6 Å². The van der Waals surface area contributed by atoms with E-state index in [1.165, 1.54) is 0 Å². The van der Waals surface area contributed by atoms with Gasteiger partial charge in [0.15, 0.2) is 0 Å². The maximum absolute atomic E-state index is 9.12. The number of pyridine rings is 1. The van der Waals surface area contributed by atoms with Gasteiger partial charge in [0, 0.05) is 17.1 Å². The van der Waals surface area contributed by atoms with Gasteiger partial charge in [-0.1, -0.05) is 30.3 Å². The van der Waals surface area contributed by atoms with Gasteiger partial charge in [-0.2, -0.15) is 0 Å². The van der Waals surface area contributed by atoms with E-state index in [0.29, 0.717) is 6.61 Å². The summed E-state index contributed by atoms with van der Waals surface area (Å²) in [7, 11) is 0. The number of aromatic nitrogens is 1. The Morgan fingerprint density at radius 3 is 2.80 bits per heavy atom. The van der Waals surface area contributed by atoms with Gasteiger partial charge in [-0.3, -0.25) is 4.98 Å². The monoisotopic (exact) mass is 265 g/mol. The highest BCUT2D eigenvalue weighted by molar-refractivity contribution is 5.81. The van der Waals surface area contributed by atoms with Crippen LogP contribution in [-0.4, -0.2) is 10.1 Å². The Hall–Kier alpha value is -2.39. The molecule has 0 saturated carbocycles. The summed E-state index contributed by atoms with van der Waals surface area (Å²) in [5, 5.41) is 10.2. The minimum Gasteiger partial charge on any atom is -0.489 e. The van der Waals surface area contributed by atoms with Gasteiger partial charge >= 0.3 is 0 Å². The van der Waals surface area contributed by atoms with Gasteiger partial charge in [0.05, 0.1) is 12.1 Å². The van der Waals surface area contributed by atoms with Crippen LogP contribution in [0.15, 0.2) is 60.8 Å². The van der Waals surface area contributed by atoms with Crippen LogP contribution in [0.25, 0.3) is 10.9 Å². The van der Waals surface area contributed by atoms with E-state index in [0.717, 1.165) is 27.8 Å². The predicted octanol–water partition coefficient (Wildman–Crippen LogP) is 3.31. The zero-order valence-electron chi connectivity index (χ0n) is 11.0. The molecular weight excluding hydrogens is 250 g/mol. The largest absolute Gasteiger partial charge is 0.489 e. The van der Waals surface area contributed by atoms with Crippen molar-refractivity contribution in [2.45, 2.75) is 13.2 Å². The zero-order chi connectivity index (χ0) is 13.8. The van der Waals surface area contributed by atoms with E-state index < -0.39 is 0 Å². The minimum absolute atomic E-state index is 0.0232. The maximum Gasteiger partial charge on any atom is 0.120 e. The second kappa shape index (κ2) is 5.72. The third-order valence-corrected chi connectivity index (χ3v) is 3.21. The molecule has 0 radical (unpaired) electrons. The molecule has 0 unspecified atom stereocenters. The summed E-state index contributed by atoms with van der Waals surface area (Å²) in [5.74, 6) is 0.762. The van der Waals surface area contributed by atoms with Crippen LogP contribution in [-0.2, 0) is 13.2 Å². The molecule has 0 bridgehead atoms. The van der Waals surface area contributed by atoms with Crippen LogP contribution < -0.4 is 4.74 Å². The minimum atomic E-state index is 0.0232.